The standard InChI is InChI=1S/C15H27N3O/c1-5-9-18(10-6-2)13(12(3)4)11-17-14(19)15(16)7-8-15/h5-6,12-13H,1-2,7-11,16H2,3-4H3,(H,17,19). The fraction of sp³-hybridized carbons (Fsp3) is 0.667. The Morgan fingerprint density at radius 2 is 1.89 bits per heavy atom. The number of carbonyl (C=O) groups is 1. The van der Waals surface area contributed by atoms with Gasteiger partial charge < -0.3 is 11.1 Å². The largest absolute Gasteiger partial charge is 0.353 e. The van der Waals surface area contributed by atoms with Crippen LogP contribution in [0, 0.1) is 5.92 Å². The fourth-order valence-electron chi connectivity index (χ4n) is 2.20. The van der Waals surface area contributed by atoms with Crippen molar-refractivity contribution in [1.82, 2.24) is 10.2 Å². The van der Waals surface area contributed by atoms with Gasteiger partial charge in [0.2, 0.25) is 5.91 Å². The van der Waals surface area contributed by atoms with Gasteiger partial charge in [0, 0.05) is 25.7 Å². The van der Waals surface area contributed by atoms with Crippen LogP contribution in [-0.2, 0) is 4.79 Å². The van der Waals surface area contributed by atoms with Crippen molar-refractivity contribution >= 4 is 5.91 Å². The lowest BCUT2D eigenvalue weighted by Gasteiger charge is -2.33. The molecule has 0 heterocycles. The fourth-order valence-corrected chi connectivity index (χ4v) is 2.20. The van der Waals surface area contributed by atoms with E-state index in [9.17, 15) is 4.79 Å². The van der Waals surface area contributed by atoms with E-state index in [1.54, 1.807) is 0 Å². The van der Waals surface area contributed by atoms with Crippen LogP contribution in [0.15, 0.2) is 25.3 Å². The van der Waals surface area contributed by atoms with Crippen molar-refractivity contribution in [3.05, 3.63) is 25.3 Å². The van der Waals surface area contributed by atoms with Gasteiger partial charge in [-0.05, 0) is 18.8 Å². The van der Waals surface area contributed by atoms with Gasteiger partial charge in [-0.25, -0.2) is 0 Å². The third kappa shape index (κ3) is 4.48. The first-order valence-electron chi connectivity index (χ1n) is 6.97. The van der Waals surface area contributed by atoms with E-state index in [-0.39, 0.29) is 11.9 Å². The molecule has 0 aromatic carbocycles. The maximum Gasteiger partial charge on any atom is 0.240 e. The van der Waals surface area contributed by atoms with E-state index in [4.69, 9.17) is 5.73 Å². The van der Waals surface area contributed by atoms with E-state index in [1.807, 2.05) is 12.2 Å². The van der Waals surface area contributed by atoms with Gasteiger partial charge in [-0.2, -0.15) is 0 Å². The normalized spacial score (nSPS) is 18.2. The second kappa shape index (κ2) is 6.87. The molecule has 0 aromatic heterocycles. The second-order valence-corrected chi connectivity index (χ2v) is 5.71. The highest BCUT2D eigenvalue weighted by Gasteiger charge is 2.45. The first kappa shape index (κ1) is 15.9. The predicted molar refractivity (Wildman–Crippen MR) is 79.8 cm³/mol. The smallest absolute Gasteiger partial charge is 0.240 e. The van der Waals surface area contributed by atoms with Gasteiger partial charge in [-0.15, -0.1) is 13.2 Å². The molecule has 4 heteroatoms. The van der Waals surface area contributed by atoms with Gasteiger partial charge in [0.05, 0.1) is 5.54 Å². The predicted octanol–water partition coefficient (Wildman–Crippen LogP) is 1.29. The summed E-state index contributed by atoms with van der Waals surface area (Å²) in [5.74, 6) is 0.420. The Morgan fingerprint density at radius 3 is 2.26 bits per heavy atom. The summed E-state index contributed by atoms with van der Waals surface area (Å²) in [5, 5.41) is 2.99. The van der Waals surface area contributed by atoms with Gasteiger partial charge in [-0.3, -0.25) is 9.69 Å². The maximum atomic E-state index is 11.9. The zero-order chi connectivity index (χ0) is 14.5. The molecule has 4 nitrogen and oxygen atoms in total. The monoisotopic (exact) mass is 265 g/mol. The number of nitrogens with two attached hydrogens (primary N) is 1. The van der Waals surface area contributed by atoms with Gasteiger partial charge in [-0.1, -0.05) is 26.0 Å². The summed E-state index contributed by atoms with van der Waals surface area (Å²) in [6, 6.07) is 0.266. The van der Waals surface area contributed by atoms with Gasteiger partial charge in [0.1, 0.15) is 0 Å². The van der Waals surface area contributed by atoms with Crippen molar-refractivity contribution in [2.75, 3.05) is 19.6 Å². The van der Waals surface area contributed by atoms with Crippen LogP contribution in [0.25, 0.3) is 0 Å². The molecule has 1 unspecified atom stereocenters. The molecule has 0 saturated heterocycles. The summed E-state index contributed by atoms with van der Waals surface area (Å²) in [5.41, 5.74) is 5.29. The summed E-state index contributed by atoms with van der Waals surface area (Å²) in [6.07, 6.45) is 5.36. The molecule has 0 aromatic rings. The Labute approximate surface area is 116 Å². The van der Waals surface area contributed by atoms with Crippen molar-refractivity contribution in [2.45, 2.75) is 38.3 Å². The Balaban J connectivity index is 2.57. The summed E-state index contributed by atoms with van der Waals surface area (Å²) in [7, 11) is 0. The highest BCUT2D eigenvalue weighted by molar-refractivity contribution is 5.88. The Kier molecular flexibility index (Phi) is 5.76. The van der Waals surface area contributed by atoms with Crippen LogP contribution in [-0.4, -0.2) is 42.0 Å². The molecule has 1 rings (SSSR count). The number of rotatable bonds is 9. The van der Waals surface area contributed by atoms with Crippen molar-refractivity contribution in [1.29, 1.82) is 0 Å². The molecule has 0 aliphatic heterocycles. The van der Waals surface area contributed by atoms with Crippen LogP contribution in [0.5, 0.6) is 0 Å². The van der Waals surface area contributed by atoms with E-state index in [1.165, 1.54) is 0 Å². The van der Waals surface area contributed by atoms with Gasteiger partial charge >= 0.3 is 0 Å². The first-order valence-corrected chi connectivity index (χ1v) is 6.97. The molecule has 1 saturated carbocycles. The van der Waals surface area contributed by atoms with E-state index in [2.05, 4.69) is 37.2 Å². The molecule has 108 valence electrons. The van der Waals surface area contributed by atoms with Crippen molar-refractivity contribution < 1.29 is 4.79 Å². The number of nitrogens with one attached hydrogen (secondary N) is 1. The highest BCUT2D eigenvalue weighted by atomic mass is 16.2. The number of amides is 1. The number of hydrogen-bond donors (Lipinski definition) is 2. The summed E-state index contributed by atoms with van der Waals surface area (Å²) < 4.78 is 0. The third-order valence-corrected chi connectivity index (χ3v) is 3.68. The van der Waals surface area contributed by atoms with E-state index in [0.29, 0.717) is 12.5 Å². The number of hydrogen-bond acceptors (Lipinski definition) is 3. The minimum Gasteiger partial charge on any atom is -0.353 e. The lowest BCUT2D eigenvalue weighted by molar-refractivity contribution is -0.123. The highest BCUT2D eigenvalue weighted by Crippen LogP contribution is 2.32. The van der Waals surface area contributed by atoms with Crippen LogP contribution >= 0.6 is 0 Å². The zero-order valence-corrected chi connectivity index (χ0v) is 12.2. The van der Waals surface area contributed by atoms with Crippen molar-refractivity contribution in [3.63, 3.8) is 0 Å². The Hall–Kier alpha value is -1.13. The molecule has 1 fully saturated rings. The SMILES string of the molecule is C=CCN(CC=C)C(CNC(=O)C1(N)CC1)C(C)C. The molecule has 1 atom stereocenters. The molecular formula is C15H27N3O. The van der Waals surface area contributed by atoms with E-state index < -0.39 is 5.54 Å². The minimum absolute atomic E-state index is 0.0182. The molecule has 0 radical (unpaired) electrons. The first-order chi connectivity index (χ1) is 8.94. The third-order valence-electron chi connectivity index (χ3n) is 3.68. The lowest BCUT2D eigenvalue weighted by Crippen LogP contribution is -2.51. The number of carbonyl (C=O) groups excluding carboxylic acids is 1. The molecule has 1 amide bonds. The average Bonchev–Trinajstić information content (AvgIpc) is 3.09. The average molecular weight is 265 g/mol. The minimum atomic E-state index is -0.594. The van der Waals surface area contributed by atoms with Crippen LogP contribution in [0.1, 0.15) is 26.7 Å². The van der Waals surface area contributed by atoms with Gasteiger partial charge in [0.15, 0.2) is 0 Å². The van der Waals surface area contributed by atoms with Crippen molar-refractivity contribution in [3.8, 4) is 0 Å². The second-order valence-electron chi connectivity index (χ2n) is 5.71. The van der Waals surface area contributed by atoms with Crippen LogP contribution < -0.4 is 11.1 Å². The van der Waals surface area contributed by atoms with E-state index in [0.717, 1.165) is 25.9 Å². The zero-order valence-electron chi connectivity index (χ0n) is 12.2. The molecule has 0 spiro atoms. The maximum absolute atomic E-state index is 11.9. The molecule has 0 bridgehead atoms. The molecule has 1 aliphatic rings. The van der Waals surface area contributed by atoms with Crippen LogP contribution in [0.3, 0.4) is 0 Å². The quantitative estimate of drug-likeness (QED) is 0.618. The molecule has 19 heavy (non-hydrogen) atoms. The summed E-state index contributed by atoms with van der Waals surface area (Å²) in [4.78, 5) is 14.2. The van der Waals surface area contributed by atoms with Gasteiger partial charge in [0.25, 0.3) is 0 Å². The molecule has 1 aliphatic carbocycles. The molecular weight excluding hydrogens is 238 g/mol. The van der Waals surface area contributed by atoms with Crippen molar-refractivity contribution in [2.24, 2.45) is 11.7 Å². The van der Waals surface area contributed by atoms with Crippen LogP contribution in [0.4, 0.5) is 0 Å². The topological polar surface area (TPSA) is 58.4 Å². The van der Waals surface area contributed by atoms with Crippen LogP contribution in [0.2, 0.25) is 0 Å². The summed E-state index contributed by atoms with van der Waals surface area (Å²) >= 11 is 0. The molecule has 3 N–H and O–H groups in total. The Bertz CT molecular complexity index is 324. The van der Waals surface area contributed by atoms with E-state index >= 15 is 0 Å². The lowest BCUT2D eigenvalue weighted by atomic mass is 10.0. The summed E-state index contributed by atoms with van der Waals surface area (Å²) in [6.45, 7) is 14.1. The number of nitrogens with zero attached hydrogens (tertiary/aromatic N) is 1. The Morgan fingerprint density at radius 1 is 1.37 bits per heavy atom.